The predicted molar refractivity (Wildman–Crippen MR) is 67.3 cm³/mol. The molecule has 1 aromatic heterocycles. The zero-order chi connectivity index (χ0) is 13.1. The molecule has 18 heavy (non-hydrogen) atoms. The fourth-order valence-corrected chi connectivity index (χ4v) is 1.93. The van der Waals surface area contributed by atoms with E-state index in [9.17, 15) is 14.9 Å². The lowest BCUT2D eigenvalue weighted by molar-refractivity contribution is -0.383. The number of aromatic amines is 1. The summed E-state index contributed by atoms with van der Waals surface area (Å²) >= 11 is 0. The summed E-state index contributed by atoms with van der Waals surface area (Å²) < 4.78 is 0. The van der Waals surface area contributed by atoms with Gasteiger partial charge >= 0.3 is 0 Å². The number of nitrogens with zero attached hydrogens (tertiary/aromatic N) is 1. The maximum atomic E-state index is 10.9. The third-order valence-electron chi connectivity index (χ3n) is 2.74. The van der Waals surface area contributed by atoms with Crippen molar-refractivity contribution in [1.82, 2.24) is 10.3 Å². The third-order valence-corrected chi connectivity index (χ3v) is 2.74. The Labute approximate surface area is 103 Å². The molecular formula is C12H13N3O3. The number of rotatable bonds is 4. The number of aromatic nitrogens is 1. The Morgan fingerprint density at radius 2 is 2.28 bits per heavy atom. The first-order valence-electron chi connectivity index (χ1n) is 5.57. The fourth-order valence-electron chi connectivity index (χ4n) is 1.93. The highest BCUT2D eigenvalue weighted by atomic mass is 16.6. The van der Waals surface area contributed by atoms with Crippen LogP contribution >= 0.6 is 0 Å². The molecule has 0 fully saturated rings. The Balaban J connectivity index is 2.28. The first kappa shape index (κ1) is 12.1. The Kier molecular flexibility index (Phi) is 3.27. The molecule has 0 bridgehead atoms. The molecule has 2 rings (SSSR count). The molecule has 2 aromatic rings. The molecule has 0 aliphatic carbocycles. The van der Waals surface area contributed by atoms with Crippen molar-refractivity contribution in [3.63, 3.8) is 0 Å². The summed E-state index contributed by atoms with van der Waals surface area (Å²) in [5, 5.41) is 14.4. The van der Waals surface area contributed by atoms with Crippen LogP contribution in [0.15, 0.2) is 24.4 Å². The second kappa shape index (κ2) is 4.87. The van der Waals surface area contributed by atoms with Crippen molar-refractivity contribution in [3.05, 3.63) is 40.1 Å². The average molecular weight is 247 g/mol. The summed E-state index contributed by atoms with van der Waals surface area (Å²) in [7, 11) is 0. The van der Waals surface area contributed by atoms with E-state index in [1.807, 2.05) is 6.07 Å². The zero-order valence-electron chi connectivity index (χ0n) is 9.90. The number of nitro groups is 1. The van der Waals surface area contributed by atoms with Crippen LogP contribution < -0.4 is 5.32 Å². The van der Waals surface area contributed by atoms with Gasteiger partial charge in [0, 0.05) is 31.1 Å². The van der Waals surface area contributed by atoms with Crippen LogP contribution in [-0.2, 0) is 11.2 Å². The Morgan fingerprint density at radius 3 is 2.94 bits per heavy atom. The molecule has 0 aliphatic rings. The minimum absolute atomic E-state index is 0.0678. The number of para-hydroxylation sites is 1. The van der Waals surface area contributed by atoms with Gasteiger partial charge in [-0.05, 0) is 12.0 Å². The Bertz CT molecular complexity index is 604. The molecular weight excluding hydrogens is 234 g/mol. The van der Waals surface area contributed by atoms with Crippen LogP contribution in [0, 0.1) is 10.1 Å². The molecule has 0 atom stereocenters. The van der Waals surface area contributed by atoms with Gasteiger partial charge in [-0.15, -0.1) is 0 Å². The normalized spacial score (nSPS) is 10.5. The fraction of sp³-hybridized carbons (Fsp3) is 0.250. The smallest absolute Gasteiger partial charge is 0.293 e. The summed E-state index contributed by atoms with van der Waals surface area (Å²) in [6, 6.07) is 4.97. The lowest BCUT2D eigenvalue weighted by atomic mass is 10.1. The topological polar surface area (TPSA) is 88.0 Å². The van der Waals surface area contributed by atoms with E-state index in [2.05, 4.69) is 10.3 Å². The van der Waals surface area contributed by atoms with Gasteiger partial charge in [0.1, 0.15) is 5.52 Å². The highest BCUT2D eigenvalue weighted by Gasteiger charge is 2.14. The van der Waals surface area contributed by atoms with Crippen molar-refractivity contribution in [1.29, 1.82) is 0 Å². The lowest BCUT2D eigenvalue weighted by Crippen LogP contribution is -2.22. The molecule has 2 N–H and O–H groups in total. The van der Waals surface area contributed by atoms with E-state index in [1.54, 1.807) is 12.3 Å². The van der Waals surface area contributed by atoms with E-state index < -0.39 is 4.92 Å². The van der Waals surface area contributed by atoms with E-state index >= 15 is 0 Å². The SMILES string of the molecule is CC(=O)NCCc1c[nH]c2c([N+](=O)[O-])cccc12. The second-order valence-electron chi connectivity index (χ2n) is 4.00. The molecule has 0 radical (unpaired) electrons. The second-order valence-corrected chi connectivity index (χ2v) is 4.00. The van der Waals surface area contributed by atoms with Gasteiger partial charge in [-0.3, -0.25) is 14.9 Å². The van der Waals surface area contributed by atoms with Crippen LogP contribution in [0.3, 0.4) is 0 Å². The monoisotopic (exact) mass is 247 g/mol. The van der Waals surface area contributed by atoms with Crippen LogP contribution in [0.1, 0.15) is 12.5 Å². The van der Waals surface area contributed by atoms with Crippen molar-refractivity contribution in [2.75, 3.05) is 6.54 Å². The number of fused-ring (bicyclic) bond motifs is 1. The van der Waals surface area contributed by atoms with Crippen LogP contribution in [0.25, 0.3) is 10.9 Å². The predicted octanol–water partition coefficient (Wildman–Crippen LogP) is 1.75. The maximum Gasteiger partial charge on any atom is 0.293 e. The summed E-state index contributed by atoms with van der Waals surface area (Å²) in [5.74, 6) is -0.0826. The minimum Gasteiger partial charge on any atom is -0.356 e. The third kappa shape index (κ3) is 2.32. The molecule has 1 amide bonds. The van der Waals surface area contributed by atoms with Gasteiger partial charge in [0.15, 0.2) is 0 Å². The first-order chi connectivity index (χ1) is 8.59. The number of non-ortho nitro benzene ring substituents is 1. The summed E-state index contributed by atoms with van der Waals surface area (Å²) in [4.78, 5) is 24.1. The van der Waals surface area contributed by atoms with Crippen molar-refractivity contribution < 1.29 is 9.72 Å². The summed E-state index contributed by atoms with van der Waals surface area (Å²) in [6.07, 6.45) is 2.39. The van der Waals surface area contributed by atoms with Crippen molar-refractivity contribution >= 4 is 22.5 Å². The van der Waals surface area contributed by atoms with E-state index in [0.29, 0.717) is 18.5 Å². The summed E-state index contributed by atoms with van der Waals surface area (Å²) in [6.45, 7) is 1.98. The van der Waals surface area contributed by atoms with Crippen LogP contribution in [0.5, 0.6) is 0 Å². The van der Waals surface area contributed by atoms with E-state index in [1.165, 1.54) is 13.0 Å². The van der Waals surface area contributed by atoms with Gasteiger partial charge in [-0.25, -0.2) is 0 Å². The van der Waals surface area contributed by atoms with Gasteiger partial charge < -0.3 is 10.3 Å². The molecule has 6 nitrogen and oxygen atoms in total. The number of nitrogens with one attached hydrogen (secondary N) is 2. The van der Waals surface area contributed by atoms with Gasteiger partial charge in [0.2, 0.25) is 5.91 Å². The van der Waals surface area contributed by atoms with E-state index in [0.717, 1.165) is 10.9 Å². The highest BCUT2D eigenvalue weighted by molar-refractivity contribution is 5.90. The van der Waals surface area contributed by atoms with E-state index in [-0.39, 0.29) is 11.6 Å². The molecule has 1 heterocycles. The number of H-pyrrole nitrogens is 1. The maximum absolute atomic E-state index is 10.9. The molecule has 1 aromatic carbocycles. The summed E-state index contributed by atoms with van der Waals surface area (Å²) in [5.41, 5.74) is 1.56. The van der Waals surface area contributed by atoms with Gasteiger partial charge in [-0.2, -0.15) is 0 Å². The van der Waals surface area contributed by atoms with Crippen molar-refractivity contribution in [2.24, 2.45) is 0 Å². The molecule has 94 valence electrons. The number of nitro benzene ring substituents is 1. The number of carbonyl (C=O) groups is 1. The standard InChI is InChI=1S/C12H13N3O3/c1-8(16)13-6-5-9-7-14-12-10(9)3-2-4-11(12)15(17)18/h2-4,7,14H,5-6H2,1H3,(H,13,16). The average Bonchev–Trinajstić information content (AvgIpc) is 2.72. The number of benzene rings is 1. The van der Waals surface area contributed by atoms with E-state index in [4.69, 9.17) is 0 Å². The highest BCUT2D eigenvalue weighted by Crippen LogP contribution is 2.26. The molecule has 0 saturated heterocycles. The van der Waals surface area contributed by atoms with Gasteiger partial charge in [0.05, 0.1) is 4.92 Å². The molecule has 6 heteroatoms. The number of hydrogen-bond donors (Lipinski definition) is 2. The number of hydrogen-bond acceptors (Lipinski definition) is 3. The van der Waals surface area contributed by atoms with Gasteiger partial charge in [0.25, 0.3) is 5.69 Å². The molecule has 0 unspecified atom stereocenters. The van der Waals surface area contributed by atoms with Crippen LogP contribution in [0.2, 0.25) is 0 Å². The Hall–Kier alpha value is -2.37. The zero-order valence-corrected chi connectivity index (χ0v) is 9.90. The lowest BCUT2D eigenvalue weighted by Gasteiger charge is -2.01. The largest absolute Gasteiger partial charge is 0.356 e. The molecule has 0 aliphatic heterocycles. The van der Waals surface area contributed by atoms with Crippen LogP contribution in [-0.4, -0.2) is 22.4 Å². The number of carbonyl (C=O) groups excluding carboxylic acids is 1. The van der Waals surface area contributed by atoms with Crippen molar-refractivity contribution in [2.45, 2.75) is 13.3 Å². The Morgan fingerprint density at radius 1 is 1.50 bits per heavy atom. The number of amides is 1. The van der Waals surface area contributed by atoms with Crippen LogP contribution in [0.4, 0.5) is 5.69 Å². The minimum atomic E-state index is -0.406. The van der Waals surface area contributed by atoms with Crippen molar-refractivity contribution in [3.8, 4) is 0 Å². The molecule has 0 spiro atoms. The van der Waals surface area contributed by atoms with Gasteiger partial charge in [-0.1, -0.05) is 12.1 Å². The first-order valence-corrected chi connectivity index (χ1v) is 5.57. The quantitative estimate of drug-likeness (QED) is 0.637. The molecule has 0 saturated carbocycles.